The molecule has 0 unspecified atom stereocenters. The van der Waals surface area contributed by atoms with Crippen molar-refractivity contribution in [3.63, 3.8) is 0 Å². The van der Waals surface area contributed by atoms with Crippen LogP contribution in [0.4, 0.5) is 5.69 Å². The molecule has 0 heterocycles. The molecule has 0 saturated heterocycles. The third-order valence-corrected chi connectivity index (χ3v) is 4.39. The van der Waals surface area contributed by atoms with Gasteiger partial charge in [0.05, 0.1) is 7.11 Å². The van der Waals surface area contributed by atoms with Crippen molar-refractivity contribution in [1.82, 2.24) is 0 Å². The first-order valence-corrected chi connectivity index (χ1v) is 7.11. The zero-order valence-corrected chi connectivity index (χ0v) is 11.6. The molecule has 0 spiro atoms. The Morgan fingerprint density at radius 1 is 1.11 bits per heavy atom. The smallest absolute Gasteiger partial charge is 0.126 e. The molecule has 1 aromatic carbocycles. The molecule has 0 radical (unpaired) electrons. The predicted molar refractivity (Wildman–Crippen MR) is 75.3 cm³/mol. The second kappa shape index (κ2) is 4.49. The molecule has 1 aromatic rings. The van der Waals surface area contributed by atoms with Gasteiger partial charge in [-0.3, -0.25) is 0 Å². The first-order valence-electron chi connectivity index (χ1n) is 7.11. The van der Waals surface area contributed by atoms with Crippen LogP contribution >= 0.6 is 0 Å². The monoisotopic (exact) mass is 245 g/mol. The summed E-state index contributed by atoms with van der Waals surface area (Å²) in [6.07, 6.45) is 5.65. The molecule has 2 fully saturated rings. The average molecular weight is 245 g/mol. The summed E-state index contributed by atoms with van der Waals surface area (Å²) in [4.78, 5) is 0. The van der Waals surface area contributed by atoms with E-state index in [9.17, 15) is 0 Å². The summed E-state index contributed by atoms with van der Waals surface area (Å²) in [5.74, 6) is 2.87. The van der Waals surface area contributed by atoms with Crippen LogP contribution in [0.3, 0.4) is 0 Å². The van der Waals surface area contributed by atoms with Gasteiger partial charge in [0.25, 0.3) is 0 Å². The summed E-state index contributed by atoms with van der Waals surface area (Å²) in [5, 5.41) is 3.79. The fourth-order valence-corrected chi connectivity index (χ4v) is 3.01. The van der Waals surface area contributed by atoms with Gasteiger partial charge in [0.15, 0.2) is 0 Å². The predicted octanol–water partition coefficient (Wildman–Crippen LogP) is 3.91. The SMILES string of the molecule is COc1c(C)ccc(NC(C2CC2)C2CC2)c1C. The minimum atomic E-state index is 0.705. The average Bonchev–Trinajstić information content (AvgIpc) is 3.22. The number of ether oxygens (including phenoxy) is 1. The Kier molecular flexibility index (Phi) is 2.96. The molecule has 2 aliphatic rings. The van der Waals surface area contributed by atoms with E-state index in [0.717, 1.165) is 17.6 Å². The maximum absolute atomic E-state index is 5.51. The number of hydrogen-bond acceptors (Lipinski definition) is 2. The van der Waals surface area contributed by atoms with Crippen LogP contribution in [0.25, 0.3) is 0 Å². The zero-order valence-electron chi connectivity index (χ0n) is 11.6. The molecule has 0 atom stereocenters. The van der Waals surface area contributed by atoms with Crippen LogP contribution in [0.15, 0.2) is 12.1 Å². The number of aryl methyl sites for hydroxylation is 1. The number of anilines is 1. The topological polar surface area (TPSA) is 21.3 Å². The molecule has 0 amide bonds. The Labute approximate surface area is 110 Å². The van der Waals surface area contributed by atoms with Crippen LogP contribution in [0.5, 0.6) is 5.75 Å². The Balaban J connectivity index is 1.82. The minimum Gasteiger partial charge on any atom is -0.496 e. The van der Waals surface area contributed by atoms with Crippen molar-refractivity contribution in [3.05, 3.63) is 23.3 Å². The van der Waals surface area contributed by atoms with E-state index in [1.54, 1.807) is 7.11 Å². The van der Waals surface area contributed by atoms with E-state index in [1.807, 2.05) is 0 Å². The Morgan fingerprint density at radius 2 is 1.72 bits per heavy atom. The fraction of sp³-hybridized carbons (Fsp3) is 0.625. The summed E-state index contributed by atoms with van der Waals surface area (Å²) in [6, 6.07) is 5.08. The maximum atomic E-state index is 5.51. The van der Waals surface area contributed by atoms with Crippen molar-refractivity contribution >= 4 is 5.69 Å². The molecular weight excluding hydrogens is 222 g/mol. The number of hydrogen-bond donors (Lipinski definition) is 1. The summed E-state index contributed by atoms with van der Waals surface area (Å²) < 4.78 is 5.51. The second-order valence-corrected chi connectivity index (χ2v) is 5.93. The number of methoxy groups -OCH3 is 1. The lowest BCUT2D eigenvalue weighted by Gasteiger charge is -2.22. The molecule has 18 heavy (non-hydrogen) atoms. The van der Waals surface area contributed by atoms with Gasteiger partial charge in [0, 0.05) is 17.3 Å². The van der Waals surface area contributed by atoms with Gasteiger partial charge < -0.3 is 10.1 Å². The van der Waals surface area contributed by atoms with Crippen LogP contribution in [0, 0.1) is 25.7 Å². The first kappa shape index (κ1) is 11.9. The molecule has 2 heteroatoms. The van der Waals surface area contributed by atoms with Gasteiger partial charge in [0.2, 0.25) is 0 Å². The summed E-state index contributed by atoms with van der Waals surface area (Å²) in [6.45, 7) is 4.26. The quantitative estimate of drug-likeness (QED) is 0.849. The lowest BCUT2D eigenvalue weighted by molar-refractivity contribution is 0.408. The fourth-order valence-electron chi connectivity index (χ4n) is 3.01. The second-order valence-electron chi connectivity index (χ2n) is 5.93. The van der Waals surface area contributed by atoms with Crippen LogP contribution in [-0.4, -0.2) is 13.2 Å². The molecule has 2 saturated carbocycles. The lowest BCUT2D eigenvalue weighted by atomic mass is 10.0. The highest BCUT2D eigenvalue weighted by Gasteiger charge is 2.41. The van der Waals surface area contributed by atoms with Crippen molar-refractivity contribution in [2.45, 2.75) is 45.6 Å². The van der Waals surface area contributed by atoms with Crippen molar-refractivity contribution in [3.8, 4) is 5.75 Å². The van der Waals surface area contributed by atoms with Crippen molar-refractivity contribution < 1.29 is 4.74 Å². The third kappa shape index (κ3) is 2.21. The normalized spacial score (nSPS) is 19.1. The molecule has 0 bridgehead atoms. The van der Waals surface area contributed by atoms with E-state index >= 15 is 0 Å². The highest BCUT2D eigenvalue weighted by atomic mass is 16.5. The molecular formula is C16H23NO. The van der Waals surface area contributed by atoms with E-state index in [2.05, 4.69) is 31.3 Å². The van der Waals surface area contributed by atoms with Crippen LogP contribution in [0.1, 0.15) is 36.8 Å². The van der Waals surface area contributed by atoms with Gasteiger partial charge in [-0.1, -0.05) is 6.07 Å². The molecule has 0 aromatic heterocycles. The van der Waals surface area contributed by atoms with E-state index < -0.39 is 0 Å². The lowest BCUT2D eigenvalue weighted by Crippen LogP contribution is -2.24. The minimum absolute atomic E-state index is 0.705. The number of benzene rings is 1. The van der Waals surface area contributed by atoms with E-state index in [0.29, 0.717) is 6.04 Å². The van der Waals surface area contributed by atoms with E-state index in [-0.39, 0.29) is 0 Å². The van der Waals surface area contributed by atoms with Gasteiger partial charge in [-0.15, -0.1) is 0 Å². The molecule has 2 nitrogen and oxygen atoms in total. The standard InChI is InChI=1S/C16H23NO/c1-10-4-9-14(11(2)16(10)18-3)17-15(12-5-6-12)13-7-8-13/h4,9,12-13,15,17H,5-8H2,1-3H3. The molecule has 98 valence electrons. The summed E-state index contributed by atoms with van der Waals surface area (Å²) in [5.41, 5.74) is 3.74. The first-order chi connectivity index (χ1) is 8.70. The highest BCUT2D eigenvalue weighted by Crippen LogP contribution is 2.46. The molecule has 3 rings (SSSR count). The maximum Gasteiger partial charge on any atom is 0.126 e. The van der Waals surface area contributed by atoms with Gasteiger partial charge in [-0.2, -0.15) is 0 Å². The van der Waals surface area contributed by atoms with Crippen molar-refractivity contribution in [1.29, 1.82) is 0 Å². The van der Waals surface area contributed by atoms with Gasteiger partial charge in [0.1, 0.15) is 5.75 Å². The van der Waals surface area contributed by atoms with Crippen LogP contribution in [-0.2, 0) is 0 Å². The Morgan fingerprint density at radius 3 is 2.22 bits per heavy atom. The van der Waals surface area contributed by atoms with Gasteiger partial charge in [-0.05, 0) is 63.0 Å². The Hall–Kier alpha value is -1.18. The van der Waals surface area contributed by atoms with Crippen LogP contribution < -0.4 is 10.1 Å². The zero-order chi connectivity index (χ0) is 12.7. The molecule has 1 N–H and O–H groups in total. The third-order valence-electron chi connectivity index (χ3n) is 4.39. The van der Waals surface area contributed by atoms with E-state index in [1.165, 1.54) is 42.5 Å². The molecule has 2 aliphatic carbocycles. The van der Waals surface area contributed by atoms with E-state index in [4.69, 9.17) is 4.74 Å². The Bertz CT molecular complexity index is 435. The number of rotatable bonds is 5. The van der Waals surface area contributed by atoms with Crippen molar-refractivity contribution in [2.24, 2.45) is 11.8 Å². The van der Waals surface area contributed by atoms with Crippen LogP contribution in [0.2, 0.25) is 0 Å². The number of nitrogens with one attached hydrogen (secondary N) is 1. The molecule has 0 aliphatic heterocycles. The summed E-state index contributed by atoms with van der Waals surface area (Å²) in [7, 11) is 1.76. The van der Waals surface area contributed by atoms with Gasteiger partial charge in [-0.25, -0.2) is 0 Å². The van der Waals surface area contributed by atoms with Crippen molar-refractivity contribution in [2.75, 3.05) is 12.4 Å². The highest BCUT2D eigenvalue weighted by molar-refractivity contribution is 5.60. The largest absolute Gasteiger partial charge is 0.496 e. The summed E-state index contributed by atoms with van der Waals surface area (Å²) >= 11 is 0. The van der Waals surface area contributed by atoms with Gasteiger partial charge >= 0.3 is 0 Å².